The minimum absolute atomic E-state index is 0.0603. The Bertz CT molecular complexity index is 734. The highest BCUT2D eigenvalue weighted by atomic mass is 16.5. The van der Waals surface area contributed by atoms with Crippen LogP contribution in [0.2, 0.25) is 0 Å². The van der Waals surface area contributed by atoms with Crippen LogP contribution in [0.15, 0.2) is 24.3 Å². The van der Waals surface area contributed by atoms with Gasteiger partial charge in [0, 0.05) is 12.1 Å². The Hall–Kier alpha value is -2.15. The molecule has 2 aromatic rings. The van der Waals surface area contributed by atoms with Gasteiger partial charge in [-0.1, -0.05) is 20.3 Å². The zero-order valence-corrected chi connectivity index (χ0v) is 18.0. The Kier molecular flexibility index (Phi) is 6.54. The van der Waals surface area contributed by atoms with Crippen LogP contribution in [0.1, 0.15) is 58.8 Å². The van der Waals surface area contributed by atoms with Crippen LogP contribution in [-0.2, 0) is 5.54 Å². The second kappa shape index (κ2) is 8.90. The standard InChI is InChI=1S/C21H34N6O/c1-6-8-19(20-22-23-24-27(20)21(3,4)7-2)26-15-13-25(14-16-26)17-9-11-18(28-5)12-10-17/h9-12,19H,6-8,13-16H2,1-5H3/p+1/t19-/m1/s1. The van der Waals surface area contributed by atoms with Gasteiger partial charge in [-0.15, -0.1) is 5.10 Å². The van der Waals surface area contributed by atoms with Crippen LogP contribution in [0.25, 0.3) is 0 Å². The van der Waals surface area contributed by atoms with E-state index in [9.17, 15) is 0 Å². The fourth-order valence-electron chi connectivity index (χ4n) is 3.99. The van der Waals surface area contributed by atoms with Gasteiger partial charge in [-0.2, -0.15) is 0 Å². The van der Waals surface area contributed by atoms with Gasteiger partial charge >= 0.3 is 0 Å². The second-order valence-corrected chi connectivity index (χ2v) is 8.30. The maximum Gasteiger partial charge on any atom is 0.209 e. The van der Waals surface area contributed by atoms with Crippen molar-refractivity contribution in [2.45, 2.75) is 58.5 Å². The van der Waals surface area contributed by atoms with Crippen molar-refractivity contribution < 1.29 is 9.64 Å². The first-order valence-corrected chi connectivity index (χ1v) is 10.5. The van der Waals surface area contributed by atoms with Crippen LogP contribution in [0.5, 0.6) is 5.75 Å². The summed E-state index contributed by atoms with van der Waals surface area (Å²) in [6.07, 6.45) is 3.25. The molecular weight excluding hydrogens is 352 g/mol. The number of benzene rings is 1. The highest BCUT2D eigenvalue weighted by Crippen LogP contribution is 2.24. The van der Waals surface area contributed by atoms with E-state index in [4.69, 9.17) is 4.74 Å². The van der Waals surface area contributed by atoms with Crippen LogP contribution >= 0.6 is 0 Å². The summed E-state index contributed by atoms with van der Waals surface area (Å²) >= 11 is 0. The van der Waals surface area contributed by atoms with Crippen molar-refractivity contribution in [2.75, 3.05) is 38.2 Å². The van der Waals surface area contributed by atoms with E-state index in [2.05, 4.69) is 64.9 Å². The van der Waals surface area contributed by atoms with E-state index in [1.54, 1.807) is 12.0 Å². The van der Waals surface area contributed by atoms with Gasteiger partial charge in [0.05, 0.1) is 38.8 Å². The first-order chi connectivity index (χ1) is 13.5. The molecule has 7 nitrogen and oxygen atoms in total. The fraction of sp³-hybridized carbons (Fsp3) is 0.667. The van der Waals surface area contributed by atoms with Gasteiger partial charge in [0.25, 0.3) is 0 Å². The van der Waals surface area contributed by atoms with Crippen molar-refractivity contribution in [1.82, 2.24) is 20.2 Å². The molecule has 0 spiro atoms. The van der Waals surface area contributed by atoms with Crippen LogP contribution in [-0.4, -0.2) is 53.5 Å². The highest BCUT2D eigenvalue weighted by molar-refractivity contribution is 5.49. The normalized spacial score (nSPS) is 17.0. The first-order valence-electron chi connectivity index (χ1n) is 10.5. The third-order valence-corrected chi connectivity index (χ3v) is 6.16. The number of quaternary nitrogens is 1. The van der Waals surface area contributed by atoms with Crippen LogP contribution in [0, 0.1) is 0 Å². The molecule has 0 amide bonds. The molecule has 1 saturated heterocycles. The predicted octanol–water partition coefficient (Wildman–Crippen LogP) is 2.07. The van der Waals surface area contributed by atoms with Gasteiger partial charge in [-0.25, -0.2) is 4.68 Å². The van der Waals surface area contributed by atoms with E-state index in [-0.39, 0.29) is 5.54 Å². The number of hydrogen-bond donors (Lipinski definition) is 1. The van der Waals surface area contributed by atoms with Gasteiger partial charge in [-0.3, -0.25) is 0 Å². The Balaban J connectivity index is 1.72. The first kappa shape index (κ1) is 20.6. The Labute approximate surface area is 168 Å². The lowest BCUT2D eigenvalue weighted by molar-refractivity contribution is -0.933. The number of ether oxygens (including phenoxy) is 1. The summed E-state index contributed by atoms with van der Waals surface area (Å²) in [6, 6.07) is 8.73. The maximum atomic E-state index is 5.28. The highest BCUT2D eigenvalue weighted by Gasteiger charge is 2.35. The van der Waals surface area contributed by atoms with Crippen LogP contribution in [0.3, 0.4) is 0 Å². The smallest absolute Gasteiger partial charge is 0.209 e. The van der Waals surface area contributed by atoms with Crippen molar-refractivity contribution in [3.8, 4) is 5.75 Å². The van der Waals surface area contributed by atoms with Gasteiger partial charge in [0.1, 0.15) is 11.8 Å². The van der Waals surface area contributed by atoms with E-state index >= 15 is 0 Å². The van der Waals surface area contributed by atoms with Gasteiger partial charge in [0.15, 0.2) is 0 Å². The number of rotatable bonds is 8. The summed E-state index contributed by atoms with van der Waals surface area (Å²) in [5, 5.41) is 12.9. The van der Waals surface area contributed by atoms with Crippen molar-refractivity contribution in [1.29, 1.82) is 0 Å². The molecule has 1 fully saturated rings. The minimum Gasteiger partial charge on any atom is -0.497 e. The largest absolute Gasteiger partial charge is 0.497 e. The molecule has 0 unspecified atom stereocenters. The SMILES string of the molecule is CCC[C@H](c1nnnn1C(C)(C)CC)[NH+]1CCN(c2ccc(OC)cc2)CC1. The maximum absolute atomic E-state index is 5.28. The molecule has 1 atom stereocenters. The van der Waals surface area contributed by atoms with Crippen molar-refractivity contribution >= 4 is 5.69 Å². The topological polar surface area (TPSA) is 60.5 Å². The number of nitrogens with one attached hydrogen (secondary N) is 1. The molecule has 28 heavy (non-hydrogen) atoms. The second-order valence-electron chi connectivity index (χ2n) is 8.30. The quantitative estimate of drug-likeness (QED) is 0.751. The third kappa shape index (κ3) is 4.29. The monoisotopic (exact) mass is 387 g/mol. The zero-order valence-electron chi connectivity index (χ0n) is 18.0. The number of hydrogen-bond acceptors (Lipinski definition) is 5. The molecule has 1 aliphatic rings. The lowest BCUT2D eigenvalue weighted by Crippen LogP contribution is -3.15. The van der Waals surface area contributed by atoms with E-state index in [0.717, 1.165) is 57.0 Å². The number of nitrogens with zero attached hydrogens (tertiary/aromatic N) is 5. The van der Waals surface area contributed by atoms with E-state index in [1.807, 2.05) is 12.1 Å². The molecular formula is C21H35N6O+. The lowest BCUT2D eigenvalue weighted by Gasteiger charge is -2.38. The molecule has 0 bridgehead atoms. The number of anilines is 1. The molecule has 1 N–H and O–H groups in total. The molecule has 3 rings (SSSR count). The average molecular weight is 388 g/mol. The van der Waals surface area contributed by atoms with Gasteiger partial charge in [0.2, 0.25) is 5.82 Å². The van der Waals surface area contributed by atoms with E-state index in [1.165, 1.54) is 5.69 Å². The summed E-state index contributed by atoms with van der Waals surface area (Å²) in [7, 11) is 1.71. The number of aromatic nitrogens is 4. The minimum atomic E-state index is -0.0603. The summed E-state index contributed by atoms with van der Waals surface area (Å²) in [6.45, 7) is 13.1. The lowest BCUT2D eigenvalue weighted by atomic mass is 10.0. The summed E-state index contributed by atoms with van der Waals surface area (Å²) in [5.74, 6) is 1.95. The Morgan fingerprint density at radius 3 is 2.39 bits per heavy atom. The number of piperazine rings is 1. The molecule has 0 radical (unpaired) electrons. The number of tetrazole rings is 1. The van der Waals surface area contributed by atoms with E-state index < -0.39 is 0 Å². The molecule has 0 aliphatic carbocycles. The third-order valence-electron chi connectivity index (χ3n) is 6.16. The average Bonchev–Trinajstić information content (AvgIpc) is 3.23. The van der Waals surface area contributed by atoms with Crippen molar-refractivity contribution in [3.05, 3.63) is 30.1 Å². The Morgan fingerprint density at radius 2 is 1.82 bits per heavy atom. The van der Waals surface area contributed by atoms with Crippen LogP contribution < -0.4 is 14.5 Å². The molecule has 0 saturated carbocycles. The Morgan fingerprint density at radius 1 is 1.14 bits per heavy atom. The van der Waals surface area contributed by atoms with Crippen molar-refractivity contribution in [2.24, 2.45) is 0 Å². The molecule has 1 aliphatic heterocycles. The summed E-state index contributed by atoms with van der Waals surface area (Å²) in [5.41, 5.74) is 1.21. The molecule has 2 heterocycles. The number of methoxy groups -OCH3 is 1. The van der Waals surface area contributed by atoms with Gasteiger partial charge < -0.3 is 14.5 Å². The van der Waals surface area contributed by atoms with Crippen LogP contribution in [0.4, 0.5) is 5.69 Å². The zero-order chi connectivity index (χ0) is 20.1. The molecule has 1 aromatic carbocycles. The molecule has 154 valence electrons. The molecule has 1 aromatic heterocycles. The van der Waals surface area contributed by atoms with Gasteiger partial charge in [-0.05, 0) is 55.0 Å². The fourth-order valence-corrected chi connectivity index (χ4v) is 3.99. The van der Waals surface area contributed by atoms with Crippen molar-refractivity contribution in [3.63, 3.8) is 0 Å². The molecule has 7 heteroatoms. The predicted molar refractivity (Wildman–Crippen MR) is 111 cm³/mol. The van der Waals surface area contributed by atoms with E-state index in [0.29, 0.717) is 6.04 Å². The summed E-state index contributed by atoms with van der Waals surface area (Å²) < 4.78 is 7.34. The summed E-state index contributed by atoms with van der Waals surface area (Å²) in [4.78, 5) is 4.06.